The molecule has 0 unspecified atom stereocenters. The lowest BCUT2D eigenvalue weighted by atomic mass is 9.81. The van der Waals surface area contributed by atoms with Crippen LogP contribution in [0, 0.1) is 12.8 Å². The first kappa shape index (κ1) is 13.6. The molecule has 0 aromatic heterocycles. The van der Waals surface area contributed by atoms with Crippen LogP contribution >= 0.6 is 0 Å². The number of benzene rings is 1. The molecule has 1 aliphatic rings. The van der Waals surface area contributed by atoms with Crippen LogP contribution in [0.2, 0.25) is 0 Å². The second-order valence-electron chi connectivity index (χ2n) is 5.28. The zero-order valence-corrected chi connectivity index (χ0v) is 11.4. The van der Waals surface area contributed by atoms with Gasteiger partial charge >= 0.3 is 6.03 Å². The normalized spacial score (nSPS) is 21.4. The van der Waals surface area contributed by atoms with Crippen molar-refractivity contribution in [1.29, 1.82) is 0 Å². The van der Waals surface area contributed by atoms with Gasteiger partial charge in [0.25, 0.3) is 0 Å². The van der Waals surface area contributed by atoms with Gasteiger partial charge in [-0.1, -0.05) is 29.8 Å². The van der Waals surface area contributed by atoms with Gasteiger partial charge in [-0.3, -0.25) is 0 Å². The van der Waals surface area contributed by atoms with Crippen LogP contribution in [0.15, 0.2) is 24.3 Å². The summed E-state index contributed by atoms with van der Waals surface area (Å²) in [5.74, 6) is 0.136. The number of amides is 2. The Morgan fingerprint density at radius 1 is 1.37 bits per heavy atom. The lowest BCUT2D eigenvalue weighted by Gasteiger charge is -2.38. The highest BCUT2D eigenvalue weighted by Crippen LogP contribution is 2.29. The molecule has 19 heavy (non-hydrogen) atoms. The van der Waals surface area contributed by atoms with Crippen molar-refractivity contribution in [2.45, 2.75) is 32.4 Å². The summed E-state index contributed by atoms with van der Waals surface area (Å²) >= 11 is 0. The maximum atomic E-state index is 11.9. The number of aryl methyl sites for hydroxylation is 1. The Hall–Kier alpha value is -1.84. The molecule has 0 radical (unpaired) electrons. The monoisotopic (exact) mass is 260 g/mol. The van der Waals surface area contributed by atoms with Gasteiger partial charge in [-0.05, 0) is 25.3 Å². The summed E-state index contributed by atoms with van der Waals surface area (Å²) in [5.41, 5.74) is 2.30. The van der Waals surface area contributed by atoms with E-state index in [1.807, 2.05) is 31.2 Å². The molecule has 0 aliphatic heterocycles. The van der Waals surface area contributed by atoms with E-state index in [4.69, 9.17) is 0 Å². The molecule has 0 bridgehead atoms. The topological polar surface area (TPSA) is 49.4 Å². The SMILES string of the molecule is Cc1ccc(CNC(=O)N(C)C2CC(C=O)C2)cc1. The number of aldehydes is 1. The average molecular weight is 260 g/mol. The second kappa shape index (κ2) is 5.87. The molecule has 1 aromatic rings. The van der Waals surface area contributed by atoms with Crippen LogP contribution in [0.1, 0.15) is 24.0 Å². The fourth-order valence-electron chi connectivity index (χ4n) is 2.23. The Morgan fingerprint density at radius 3 is 2.58 bits per heavy atom. The van der Waals surface area contributed by atoms with Crippen LogP contribution in [0.5, 0.6) is 0 Å². The molecule has 102 valence electrons. The molecule has 0 heterocycles. The number of hydrogen-bond acceptors (Lipinski definition) is 2. The molecular weight excluding hydrogens is 240 g/mol. The van der Waals surface area contributed by atoms with E-state index in [1.165, 1.54) is 5.56 Å². The molecule has 0 spiro atoms. The highest BCUT2D eigenvalue weighted by atomic mass is 16.2. The number of carbonyl (C=O) groups is 2. The van der Waals surface area contributed by atoms with Crippen molar-refractivity contribution in [3.63, 3.8) is 0 Å². The molecule has 0 atom stereocenters. The van der Waals surface area contributed by atoms with Crippen molar-refractivity contribution in [3.05, 3.63) is 35.4 Å². The molecule has 1 N–H and O–H groups in total. The molecule has 1 aromatic carbocycles. The summed E-state index contributed by atoms with van der Waals surface area (Å²) < 4.78 is 0. The third-order valence-electron chi connectivity index (χ3n) is 3.77. The van der Waals surface area contributed by atoms with E-state index in [-0.39, 0.29) is 18.0 Å². The predicted molar refractivity (Wildman–Crippen MR) is 73.8 cm³/mol. The van der Waals surface area contributed by atoms with Gasteiger partial charge in [-0.2, -0.15) is 0 Å². The number of urea groups is 1. The summed E-state index contributed by atoms with van der Waals surface area (Å²) in [6.07, 6.45) is 2.56. The maximum absolute atomic E-state index is 11.9. The van der Waals surface area contributed by atoms with Crippen LogP contribution in [0.4, 0.5) is 4.79 Å². The van der Waals surface area contributed by atoms with Crippen molar-refractivity contribution >= 4 is 12.3 Å². The molecule has 4 heteroatoms. The van der Waals surface area contributed by atoms with Crippen LogP contribution in [-0.2, 0) is 11.3 Å². The van der Waals surface area contributed by atoms with Crippen molar-refractivity contribution in [2.75, 3.05) is 7.05 Å². The van der Waals surface area contributed by atoms with Crippen LogP contribution in [-0.4, -0.2) is 30.3 Å². The number of hydrogen-bond donors (Lipinski definition) is 1. The van der Waals surface area contributed by atoms with Crippen molar-refractivity contribution in [3.8, 4) is 0 Å². The number of rotatable bonds is 4. The Bertz CT molecular complexity index is 450. The van der Waals surface area contributed by atoms with E-state index in [0.29, 0.717) is 6.54 Å². The van der Waals surface area contributed by atoms with Crippen molar-refractivity contribution in [1.82, 2.24) is 10.2 Å². The summed E-state index contributed by atoms with van der Waals surface area (Å²) in [4.78, 5) is 24.2. The fourth-order valence-corrected chi connectivity index (χ4v) is 2.23. The van der Waals surface area contributed by atoms with E-state index in [0.717, 1.165) is 24.7 Å². The molecule has 1 fully saturated rings. The Balaban J connectivity index is 1.78. The third kappa shape index (κ3) is 3.34. The van der Waals surface area contributed by atoms with Crippen molar-refractivity contribution in [2.24, 2.45) is 5.92 Å². The van der Waals surface area contributed by atoms with Gasteiger partial charge in [-0.15, -0.1) is 0 Å². The number of nitrogens with one attached hydrogen (secondary N) is 1. The van der Waals surface area contributed by atoms with E-state index >= 15 is 0 Å². The molecule has 2 amide bonds. The van der Waals surface area contributed by atoms with Crippen LogP contribution in [0.25, 0.3) is 0 Å². The first-order chi connectivity index (χ1) is 9.10. The Labute approximate surface area is 113 Å². The van der Waals surface area contributed by atoms with E-state index < -0.39 is 0 Å². The van der Waals surface area contributed by atoms with E-state index in [9.17, 15) is 9.59 Å². The Kier molecular flexibility index (Phi) is 4.20. The number of nitrogens with zero attached hydrogens (tertiary/aromatic N) is 1. The quantitative estimate of drug-likeness (QED) is 0.843. The van der Waals surface area contributed by atoms with Gasteiger partial charge in [0.1, 0.15) is 6.29 Å². The standard InChI is InChI=1S/C15H20N2O2/c1-11-3-5-12(6-4-11)9-16-15(19)17(2)14-7-13(8-14)10-18/h3-6,10,13-14H,7-9H2,1-2H3,(H,16,19). The van der Waals surface area contributed by atoms with Gasteiger partial charge in [-0.25, -0.2) is 4.79 Å². The second-order valence-corrected chi connectivity index (χ2v) is 5.28. The maximum Gasteiger partial charge on any atom is 0.317 e. The van der Waals surface area contributed by atoms with Gasteiger partial charge in [0.05, 0.1) is 0 Å². The smallest absolute Gasteiger partial charge is 0.317 e. The molecule has 2 rings (SSSR count). The molecule has 0 saturated heterocycles. The first-order valence-electron chi connectivity index (χ1n) is 6.61. The van der Waals surface area contributed by atoms with Gasteiger partial charge in [0.15, 0.2) is 0 Å². The third-order valence-corrected chi connectivity index (χ3v) is 3.77. The summed E-state index contributed by atoms with van der Waals surface area (Å²) in [6, 6.07) is 8.23. The summed E-state index contributed by atoms with van der Waals surface area (Å²) in [7, 11) is 1.79. The van der Waals surface area contributed by atoms with Gasteiger partial charge < -0.3 is 15.0 Å². The zero-order chi connectivity index (χ0) is 13.8. The van der Waals surface area contributed by atoms with Crippen LogP contribution in [0.3, 0.4) is 0 Å². The number of carbonyl (C=O) groups excluding carboxylic acids is 2. The minimum absolute atomic E-state index is 0.0741. The predicted octanol–water partition coefficient (Wildman–Crippen LogP) is 2.11. The minimum Gasteiger partial charge on any atom is -0.334 e. The van der Waals surface area contributed by atoms with Gasteiger partial charge in [0, 0.05) is 25.6 Å². The van der Waals surface area contributed by atoms with Gasteiger partial charge in [0.2, 0.25) is 0 Å². The first-order valence-corrected chi connectivity index (χ1v) is 6.61. The van der Waals surface area contributed by atoms with Crippen molar-refractivity contribution < 1.29 is 9.59 Å². The molecule has 4 nitrogen and oxygen atoms in total. The fraction of sp³-hybridized carbons (Fsp3) is 0.467. The van der Waals surface area contributed by atoms with Crippen LogP contribution < -0.4 is 5.32 Å². The Morgan fingerprint density at radius 2 is 2.00 bits per heavy atom. The average Bonchev–Trinajstić information content (AvgIpc) is 2.36. The highest BCUT2D eigenvalue weighted by Gasteiger charge is 2.33. The minimum atomic E-state index is -0.0741. The zero-order valence-electron chi connectivity index (χ0n) is 11.4. The largest absolute Gasteiger partial charge is 0.334 e. The lowest BCUT2D eigenvalue weighted by Crippen LogP contribution is -2.49. The molecule has 1 aliphatic carbocycles. The summed E-state index contributed by atoms with van der Waals surface area (Å²) in [5, 5.41) is 2.90. The summed E-state index contributed by atoms with van der Waals surface area (Å²) in [6.45, 7) is 2.57. The molecule has 1 saturated carbocycles. The molecular formula is C15H20N2O2. The highest BCUT2D eigenvalue weighted by molar-refractivity contribution is 5.74. The van der Waals surface area contributed by atoms with E-state index in [1.54, 1.807) is 11.9 Å². The van der Waals surface area contributed by atoms with E-state index in [2.05, 4.69) is 5.32 Å². The lowest BCUT2D eigenvalue weighted by molar-refractivity contribution is -0.114.